The van der Waals surface area contributed by atoms with Gasteiger partial charge in [0.1, 0.15) is 0 Å². The van der Waals surface area contributed by atoms with Gasteiger partial charge in [0, 0.05) is 0 Å². The molecule has 5 aromatic carbocycles. The molecule has 238 valence electrons. The normalized spacial score (nSPS) is 12.6. The number of rotatable bonds is 10. The monoisotopic (exact) mass is 654 g/mol. The van der Waals surface area contributed by atoms with E-state index in [9.17, 15) is 0 Å². The Hall–Kier alpha value is -4.51. The third-order valence-electron chi connectivity index (χ3n) is 7.54. The Bertz CT molecular complexity index is 1710. The Labute approximate surface area is 294 Å². The van der Waals surface area contributed by atoms with Crippen molar-refractivity contribution in [3.05, 3.63) is 166 Å². The highest BCUT2D eigenvalue weighted by molar-refractivity contribution is 6.56. The van der Waals surface area contributed by atoms with E-state index in [1.807, 2.05) is 0 Å². The van der Waals surface area contributed by atoms with Gasteiger partial charge in [-0.2, -0.15) is 0 Å². The molecule has 0 aromatic heterocycles. The summed E-state index contributed by atoms with van der Waals surface area (Å²) in [5, 5.41) is 3.51. The molecule has 5 rings (SSSR count). The zero-order chi connectivity index (χ0) is 34.0. The molecule has 0 amide bonds. The average molecular weight is 655 g/mol. The van der Waals surface area contributed by atoms with Gasteiger partial charge in [0.25, 0.3) is 0 Å². The van der Waals surface area contributed by atoms with E-state index in [2.05, 4.69) is 211 Å². The lowest BCUT2D eigenvalue weighted by atomic mass is 10.1. The standard InChI is InChI=1S/C46H46Si2/c1-45(2,3)47-43-31-27-41(28-32-43)25-23-39-19-15-37(16-20-39)13-11-35-7-9-36(10-8-35)12-14-38-17-21-40(22-18-38)24-26-42-29-33-44(34-30-42)48-46(4,5)6/h7-34H,1-6H3/b13-11+,14-12+,25-23+,26-24+. The molecule has 4 radical (unpaired) electrons. The lowest BCUT2D eigenvalue weighted by molar-refractivity contribution is 0.759. The van der Waals surface area contributed by atoms with Crippen LogP contribution >= 0.6 is 0 Å². The molecule has 0 nitrogen and oxygen atoms in total. The van der Waals surface area contributed by atoms with Crippen molar-refractivity contribution >= 4 is 78.0 Å². The zero-order valence-electron chi connectivity index (χ0n) is 29.2. The molecule has 48 heavy (non-hydrogen) atoms. The Morgan fingerprint density at radius 2 is 0.417 bits per heavy atom. The molecule has 2 heteroatoms. The first-order valence-electron chi connectivity index (χ1n) is 16.7. The second-order valence-corrected chi connectivity index (χ2v) is 19.0. The summed E-state index contributed by atoms with van der Waals surface area (Å²) in [6, 6.07) is 44.0. The molecule has 0 unspecified atom stereocenters. The van der Waals surface area contributed by atoms with Crippen molar-refractivity contribution in [3.8, 4) is 0 Å². The van der Waals surface area contributed by atoms with E-state index in [0.29, 0.717) is 10.1 Å². The summed E-state index contributed by atoms with van der Waals surface area (Å²) < 4.78 is 0. The molecule has 0 fully saturated rings. The molecule has 0 heterocycles. The quantitative estimate of drug-likeness (QED) is 0.104. The maximum Gasteiger partial charge on any atom is 0.0868 e. The summed E-state index contributed by atoms with van der Waals surface area (Å²) in [5.74, 6) is 0. The van der Waals surface area contributed by atoms with Crippen LogP contribution in [-0.4, -0.2) is 19.0 Å². The summed E-state index contributed by atoms with van der Waals surface area (Å²) in [6.07, 6.45) is 17.4. The minimum Gasteiger partial charge on any atom is -0.0636 e. The van der Waals surface area contributed by atoms with Gasteiger partial charge in [-0.25, -0.2) is 0 Å². The highest BCUT2D eigenvalue weighted by Crippen LogP contribution is 2.21. The first kappa shape index (κ1) is 34.8. The lowest BCUT2D eigenvalue weighted by Gasteiger charge is -2.16. The molecule has 0 N–H and O–H groups in total. The van der Waals surface area contributed by atoms with Crippen LogP contribution in [0.1, 0.15) is 86.1 Å². The maximum absolute atomic E-state index is 2.29. The number of benzene rings is 5. The van der Waals surface area contributed by atoms with Crippen LogP contribution in [0.3, 0.4) is 0 Å². The van der Waals surface area contributed by atoms with E-state index in [-0.39, 0.29) is 0 Å². The van der Waals surface area contributed by atoms with Gasteiger partial charge in [-0.1, -0.05) is 222 Å². The van der Waals surface area contributed by atoms with Gasteiger partial charge in [-0.3, -0.25) is 0 Å². The van der Waals surface area contributed by atoms with Crippen molar-refractivity contribution in [2.75, 3.05) is 0 Å². The van der Waals surface area contributed by atoms with Crippen LogP contribution in [0.4, 0.5) is 0 Å². The van der Waals surface area contributed by atoms with Crippen LogP contribution in [0.2, 0.25) is 10.1 Å². The second kappa shape index (κ2) is 16.1. The smallest absolute Gasteiger partial charge is 0.0636 e. The van der Waals surface area contributed by atoms with Gasteiger partial charge in [0.05, 0.1) is 19.0 Å². The minimum atomic E-state index is 0.335. The fourth-order valence-corrected chi connectivity index (χ4v) is 7.54. The Morgan fingerprint density at radius 1 is 0.271 bits per heavy atom. The molecular weight excluding hydrogens is 609 g/mol. The SMILES string of the molecule is CC(C)(C)[Si]c1ccc(/C=C/c2ccc(/C=C/c3ccc(/C=C/c4ccc(/C=C/c5ccc([Si]C(C)(C)C)cc5)cc4)cc3)cc2)cc1. The molecule has 0 aliphatic heterocycles. The van der Waals surface area contributed by atoms with Crippen molar-refractivity contribution in [3.63, 3.8) is 0 Å². The van der Waals surface area contributed by atoms with E-state index in [1.54, 1.807) is 0 Å². The van der Waals surface area contributed by atoms with E-state index in [4.69, 9.17) is 0 Å². The number of hydrogen-bond acceptors (Lipinski definition) is 0. The third kappa shape index (κ3) is 11.9. The van der Waals surface area contributed by atoms with Crippen LogP contribution in [0.15, 0.2) is 121 Å². The molecule has 0 atom stereocenters. The van der Waals surface area contributed by atoms with Crippen LogP contribution in [0.25, 0.3) is 48.6 Å². The van der Waals surface area contributed by atoms with Gasteiger partial charge < -0.3 is 0 Å². The van der Waals surface area contributed by atoms with Crippen LogP contribution in [0, 0.1) is 0 Å². The molecule has 0 spiro atoms. The van der Waals surface area contributed by atoms with E-state index >= 15 is 0 Å². The zero-order valence-corrected chi connectivity index (χ0v) is 31.2. The molecule has 0 saturated carbocycles. The molecule has 0 bridgehead atoms. The van der Waals surface area contributed by atoms with Crippen molar-refractivity contribution < 1.29 is 0 Å². The van der Waals surface area contributed by atoms with Crippen LogP contribution in [0.5, 0.6) is 0 Å². The maximum atomic E-state index is 2.29. The van der Waals surface area contributed by atoms with Gasteiger partial charge in [-0.05, 0) is 54.6 Å². The first-order chi connectivity index (χ1) is 23.0. The van der Waals surface area contributed by atoms with Crippen LogP contribution < -0.4 is 10.4 Å². The fourth-order valence-electron chi connectivity index (χ4n) is 5.15. The van der Waals surface area contributed by atoms with Crippen LogP contribution in [-0.2, 0) is 0 Å². The highest BCUT2D eigenvalue weighted by atomic mass is 28.2. The topological polar surface area (TPSA) is 0 Å². The summed E-state index contributed by atoms with van der Waals surface area (Å²) in [7, 11) is 1.65. The Balaban J connectivity index is 1.10. The highest BCUT2D eigenvalue weighted by Gasteiger charge is 2.13. The Morgan fingerprint density at radius 3 is 0.562 bits per heavy atom. The predicted octanol–water partition coefficient (Wildman–Crippen LogP) is 11.5. The minimum absolute atomic E-state index is 0.335. The summed E-state index contributed by atoms with van der Waals surface area (Å²) in [6.45, 7) is 13.8. The molecule has 0 saturated heterocycles. The fraction of sp³-hybridized carbons (Fsp3) is 0.174. The van der Waals surface area contributed by atoms with E-state index < -0.39 is 0 Å². The van der Waals surface area contributed by atoms with Gasteiger partial charge >= 0.3 is 0 Å². The van der Waals surface area contributed by atoms with Crippen molar-refractivity contribution in [1.29, 1.82) is 0 Å². The second-order valence-electron chi connectivity index (χ2n) is 14.3. The predicted molar refractivity (Wildman–Crippen MR) is 218 cm³/mol. The van der Waals surface area contributed by atoms with Crippen molar-refractivity contribution in [2.45, 2.75) is 51.6 Å². The van der Waals surface area contributed by atoms with E-state index in [0.717, 1.165) is 19.0 Å². The summed E-state index contributed by atoms with van der Waals surface area (Å²) >= 11 is 0. The van der Waals surface area contributed by atoms with Crippen molar-refractivity contribution in [2.24, 2.45) is 0 Å². The average Bonchev–Trinajstić information content (AvgIpc) is 3.06. The molecule has 5 aromatic rings. The van der Waals surface area contributed by atoms with Gasteiger partial charge in [0.15, 0.2) is 0 Å². The van der Waals surface area contributed by atoms with Gasteiger partial charge in [-0.15, -0.1) is 0 Å². The first-order valence-corrected chi connectivity index (χ1v) is 18.7. The largest absolute Gasteiger partial charge is 0.0868 e. The Kier molecular flexibility index (Phi) is 11.7. The van der Waals surface area contributed by atoms with Gasteiger partial charge in [0.2, 0.25) is 0 Å². The summed E-state index contributed by atoms with van der Waals surface area (Å²) in [5.41, 5.74) is 9.62. The third-order valence-corrected chi connectivity index (χ3v) is 10.3. The van der Waals surface area contributed by atoms with E-state index in [1.165, 1.54) is 54.9 Å². The van der Waals surface area contributed by atoms with Crippen molar-refractivity contribution in [1.82, 2.24) is 0 Å². The molecular formula is C46H46Si2. The number of hydrogen-bond donors (Lipinski definition) is 0. The molecule has 0 aliphatic rings. The summed E-state index contributed by atoms with van der Waals surface area (Å²) in [4.78, 5) is 0. The molecule has 0 aliphatic carbocycles. The lowest BCUT2D eigenvalue weighted by Crippen LogP contribution is -2.22.